The lowest BCUT2D eigenvalue weighted by molar-refractivity contribution is 0.343. The lowest BCUT2D eigenvalue weighted by Crippen LogP contribution is -2.24. The average Bonchev–Trinajstić information content (AvgIpc) is 3.57. The Labute approximate surface area is 260 Å². The first-order valence-electron chi connectivity index (χ1n) is 14.0. The molecule has 224 valence electrons. The molecule has 12 heteroatoms. The number of nitrogen functional groups attached to an aromatic ring is 1. The number of alkyl halides is 1. The number of aromatic nitrogens is 2. The molecule has 6 N–H and O–H groups in total. The monoisotopic (exact) mass is 620 g/mol. The summed E-state index contributed by atoms with van der Waals surface area (Å²) in [7, 11) is 0. The van der Waals surface area contributed by atoms with Crippen LogP contribution in [0.4, 0.5) is 21.8 Å². The summed E-state index contributed by atoms with van der Waals surface area (Å²) < 4.78 is 19.0. The number of halogens is 2. The number of fused-ring (bicyclic) bond motifs is 1. The Kier molecular flexibility index (Phi) is 9.54. The number of anilines is 3. The van der Waals surface area contributed by atoms with Crippen LogP contribution in [0.15, 0.2) is 59.0 Å². The molecule has 3 heterocycles. The number of hydrogen-bond acceptors (Lipinski definition) is 7. The van der Waals surface area contributed by atoms with Crippen molar-refractivity contribution in [3.05, 3.63) is 82.2 Å². The summed E-state index contributed by atoms with van der Waals surface area (Å²) in [4.78, 5) is 11.5. The third-order valence-corrected chi connectivity index (χ3v) is 8.00. The van der Waals surface area contributed by atoms with Gasteiger partial charge in [-0.15, -0.1) is 0 Å². The fourth-order valence-corrected chi connectivity index (χ4v) is 5.60. The summed E-state index contributed by atoms with van der Waals surface area (Å²) >= 11 is 11.6. The Balaban J connectivity index is 1.22. The van der Waals surface area contributed by atoms with Gasteiger partial charge in [0.25, 0.3) is 0 Å². The van der Waals surface area contributed by atoms with E-state index in [-0.39, 0.29) is 5.84 Å². The smallest absolute Gasteiger partial charge is 0.231 e. The molecule has 9 nitrogen and oxygen atoms in total. The average molecular weight is 621 g/mol. The Morgan fingerprint density at radius 2 is 2.02 bits per heavy atom. The van der Waals surface area contributed by atoms with Crippen molar-refractivity contribution in [2.45, 2.75) is 20.5 Å². The van der Waals surface area contributed by atoms with Gasteiger partial charge in [0.15, 0.2) is 5.11 Å². The molecule has 2 atom stereocenters. The van der Waals surface area contributed by atoms with E-state index in [0.717, 1.165) is 48.6 Å². The maximum absolute atomic E-state index is 13.0. The molecule has 1 saturated heterocycles. The number of likely N-dealkylation sites (tertiary alicyclic amines) is 1. The predicted octanol–water partition coefficient (Wildman–Crippen LogP) is 6.44. The van der Waals surface area contributed by atoms with Crippen LogP contribution >= 0.6 is 23.8 Å². The quantitative estimate of drug-likeness (QED) is 0.0773. The summed E-state index contributed by atoms with van der Waals surface area (Å²) in [5.41, 5.74) is 8.92. The summed E-state index contributed by atoms with van der Waals surface area (Å²) in [5, 5.41) is 18.8. The van der Waals surface area contributed by atoms with Gasteiger partial charge in [0.1, 0.15) is 29.7 Å². The molecule has 1 fully saturated rings. The molecule has 0 amide bonds. The Hall–Kier alpha value is -4.06. The van der Waals surface area contributed by atoms with E-state index in [0.29, 0.717) is 50.6 Å². The van der Waals surface area contributed by atoms with E-state index in [2.05, 4.69) is 43.8 Å². The van der Waals surface area contributed by atoms with Gasteiger partial charge in [0.2, 0.25) is 5.95 Å². The fourth-order valence-electron chi connectivity index (χ4n) is 5.16. The van der Waals surface area contributed by atoms with Crippen molar-refractivity contribution in [2.24, 2.45) is 17.6 Å². The third kappa shape index (κ3) is 7.67. The lowest BCUT2D eigenvalue weighted by atomic mass is 9.95. The van der Waals surface area contributed by atoms with Crippen LogP contribution in [0.1, 0.15) is 29.5 Å². The first-order valence-corrected chi connectivity index (χ1v) is 14.8. The molecule has 0 saturated carbocycles. The van der Waals surface area contributed by atoms with E-state index in [1.165, 1.54) is 0 Å². The summed E-state index contributed by atoms with van der Waals surface area (Å²) in [6.45, 7) is 7.07. The van der Waals surface area contributed by atoms with Crippen molar-refractivity contribution >= 4 is 69.3 Å². The number of nitrogens with two attached hydrogens (primary N) is 1. The fraction of sp³-hybridized carbons (Fsp3) is 0.290. The second-order valence-corrected chi connectivity index (χ2v) is 11.4. The van der Waals surface area contributed by atoms with Gasteiger partial charge in [0.05, 0.1) is 0 Å². The zero-order chi connectivity index (χ0) is 30.5. The maximum atomic E-state index is 13.0. The maximum Gasteiger partial charge on any atom is 0.231 e. The van der Waals surface area contributed by atoms with Gasteiger partial charge in [-0.25, -0.2) is 9.37 Å². The van der Waals surface area contributed by atoms with Crippen LogP contribution in [-0.4, -0.2) is 52.0 Å². The molecule has 4 aromatic rings. The molecule has 0 aliphatic carbocycles. The summed E-state index contributed by atoms with van der Waals surface area (Å²) in [5.74, 6) is 2.54. The number of benzene rings is 2. The van der Waals surface area contributed by atoms with Crippen LogP contribution in [-0.2, 0) is 6.67 Å². The number of furan rings is 1. The van der Waals surface area contributed by atoms with Crippen molar-refractivity contribution in [3.63, 3.8) is 0 Å². The van der Waals surface area contributed by atoms with E-state index in [9.17, 15) is 4.39 Å². The summed E-state index contributed by atoms with van der Waals surface area (Å²) in [6.07, 6.45) is 4.26. The lowest BCUT2D eigenvalue weighted by Gasteiger charge is -2.17. The van der Waals surface area contributed by atoms with E-state index >= 15 is 0 Å². The second kappa shape index (κ2) is 13.5. The van der Waals surface area contributed by atoms with Gasteiger partial charge in [-0.2, -0.15) is 4.98 Å². The van der Waals surface area contributed by atoms with E-state index in [1.807, 2.05) is 37.3 Å². The molecule has 1 aliphatic rings. The largest absolute Gasteiger partial charge is 0.457 e. The number of thiocarbonyl (C=S) groups is 1. The minimum atomic E-state index is -0.631. The van der Waals surface area contributed by atoms with Crippen LogP contribution in [0.2, 0.25) is 5.02 Å². The van der Waals surface area contributed by atoms with E-state index in [4.69, 9.17) is 39.4 Å². The molecule has 2 unspecified atom stereocenters. The summed E-state index contributed by atoms with van der Waals surface area (Å²) in [6, 6.07) is 14.3. The zero-order valence-corrected chi connectivity index (χ0v) is 25.5. The Bertz CT molecular complexity index is 1680. The molecule has 2 aromatic heterocycles. The van der Waals surface area contributed by atoms with Crippen LogP contribution < -0.4 is 21.7 Å². The first-order chi connectivity index (χ1) is 20.7. The van der Waals surface area contributed by atoms with E-state index < -0.39 is 6.67 Å². The zero-order valence-electron chi connectivity index (χ0n) is 24.0. The van der Waals surface area contributed by atoms with Gasteiger partial charge in [-0.1, -0.05) is 30.7 Å². The van der Waals surface area contributed by atoms with Crippen molar-refractivity contribution in [1.82, 2.24) is 14.9 Å². The topological polar surface area (TPSA) is 128 Å². The number of nitrogens with one attached hydrogen (secondary N) is 4. The minimum absolute atomic E-state index is 0.0362. The van der Waals surface area contributed by atoms with Gasteiger partial charge < -0.3 is 31.0 Å². The minimum Gasteiger partial charge on any atom is -0.457 e. The SMILES string of the molecule is CCN1CC(/C=C/c2cc3cc(C(=N)N)ccc3o2)C(CNc2cc(C)nc(NC(=S)Nc3ccc(CF)c(Cl)c3)n2)C1. The number of aryl methyl sites for hydroxylation is 1. The van der Waals surface area contributed by atoms with Crippen molar-refractivity contribution in [1.29, 1.82) is 5.41 Å². The number of amidine groups is 1. The number of nitrogens with zero attached hydrogens (tertiary/aromatic N) is 3. The standard InChI is InChI=1S/C31H34ClFN8OS/c1-3-41-16-21(5-8-25-12-22-11-19(29(34)35)6-9-27(22)42-25)23(17-41)15-36-28-10-18(2)37-30(39-28)40-31(43)38-24-7-4-20(14-33)26(32)13-24/h4-13,21,23H,3,14-17H2,1-2H3,(H3,34,35)(H3,36,37,38,39,40,43)/b8-5+. The molecule has 0 spiro atoms. The molecule has 43 heavy (non-hydrogen) atoms. The van der Waals surface area contributed by atoms with Crippen molar-refractivity contribution in [2.75, 3.05) is 42.1 Å². The van der Waals surface area contributed by atoms with Gasteiger partial charge in [-0.05, 0) is 80.0 Å². The number of rotatable bonds is 10. The normalized spacial score (nSPS) is 17.0. The predicted molar refractivity (Wildman–Crippen MR) is 177 cm³/mol. The molecule has 0 bridgehead atoms. The molecular formula is C31H34ClFN8OS. The van der Waals surface area contributed by atoms with Crippen LogP contribution in [0.5, 0.6) is 0 Å². The Morgan fingerprint density at radius 3 is 2.77 bits per heavy atom. The highest BCUT2D eigenvalue weighted by atomic mass is 35.5. The highest BCUT2D eigenvalue weighted by Gasteiger charge is 2.30. The number of hydrogen-bond donors (Lipinski definition) is 5. The van der Waals surface area contributed by atoms with E-state index in [1.54, 1.807) is 24.3 Å². The molecular weight excluding hydrogens is 587 g/mol. The highest BCUT2D eigenvalue weighted by molar-refractivity contribution is 7.80. The van der Waals surface area contributed by atoms with Crippen LogP contribution in [0.25, 0.3) is 17.0 Å². The molecule has 0 radical (unpaired) electrons. The Morgan fingerprint density at radius 1 is 1.19 bits per heavy atom. The molecule has 1 aliphatic heterocycles. The van der Waals surface area contributed by atoms with Crippen molar-refractivity contribution in [3.8, 4) is 0 Å². The first kappa shape index (κ1) is 30.4. The highest BCUT2D eigenvalue weighted by Crippen LogP contribution is 2.28. The third-order valence-electron chi connectivity index (χ3n) is 7.45. The van der Waals surface area contributed by atoms with Crippen LogP contribution in [0, 0.1) is 24.2 Å². The molecule has 5 rings (SSSR count). The van der Waals surface area contributed by atoms with Crippen molar-refractivity contribution < 1.29 is 8.81 Å². The van der Waals surface area contributed by atoms with Gasteiger partial charge in [-0.3, -0.25) is 5.41 Å². The molecule has 2 aromatic carbocycles. The van der Waals surface area contributed by atoms with Crippen LogP contribution in [0.3, 0.4) is 0 Å². The second-order valence-electron chi connectivity index (χ2n) is 10.6. The van der Waals surface area contributed by atoms with Gasteiger partial charge in [0, 0.05) is 58.6 Å². The van der Waals surface area contributed by atoms with Gasteiger partial charge >= 0.3 is 0 Å².